The number of nitrogens with one attached hydrogen (secondary N) is 3. The van der Waals surface area contributed by atoms with Crippen molar-refractivity contribution in [3.8, 4) is 17.2 Å². The molecule has 0 atom stereocenters. The molecule has 1 aliphatic heterocycles. The molecule has 1 saturated carbocycles. The van der Waals surface area contributed by atoms with E-state index >= 15 is 0 Å². The molecule has 3 N–H and O–H groups in total. The quantitative estimate of drug-likeness (QED) is 0.527. The molecule has 3 amide bonds. The lowest BCUT2D eigenvalue weighted by atomic mass is 10.2. The topological polar surface area (TPSA) is 115 Å². The average molecular weight is 425 g/mol. The molecule has 0 spiro atoms. The molecule has 4 rings (SSSR count). The molecule has 0 unspecified atom stereocenters. The Morgan fingerprint density at radius 3 is 2.45 bits per heavy atom. The number of amides is 3. The molecular weight excluding hydrogens is 402 g/mol. The summed E-state index contributed by atoms with van der Waals surface area (Å²) in [6.07, 6.45) is 1.90. The Bertz CT molecular complexity index is 972. The SMILES string of the molecule is O=C(COc1ccc2c(c1)OCO2)Nc1ccc(C(=O)NCCNC(=O)C2CC2)cc1. The third kappa shape index (κ3) is 5.65. The molecule has 0 radical (unpaired) electrons. The summed E-state index contributed by atoms with van der Waals surface area (Å²) in [5.74, 6) is 1.35. The largest absolute Gasteiger partial charge is 0.484 e. The minimum Gasteiger partial charge on any atom is -0.484 e. The van der Waals surface area contributed by atoms with Gasteiger partial charge in [0.05, 0.1) is 0 Å². The number of carbonyl (C=O) groups is 3. The van der Waals surface area contributed by atoms with E-state index in [0.717, 1.165) is 12.8 Å². The summed E-state index contributed by atoms with van der Waals surface area (Å²) < 4.78 is 16.0. The van der Waals surface area contributed by atoms with Crippen LogP contribution < -0.4 is 30.2 Å². The summed E-state index contributed by atoms with van der Waals surface area (Å²) in [4.78, 5) is 35.8. The van der Waals surface area contributed by atoms with Crippen molar-refractivity contribution in [2.24, 2.45) is 5.92 Å². The zero-order valence-corrected chi connectivity index (χ0v) is 16.8. The Hall–Kier alpha value is -3.75. The first-order chi connectivity index (χ1) is 15.1. The summed E-state index contributed by atoms with van der Waals surface area (Å²) >= 11 is 0. The van der Waals surface area contributed by atoms with Gasteiger partial charge in [0, 0.05) is 36.3 Å². The van der Waals surface area contributed by atoms with E-state index in [2.05, 4.69) is 16.0 Å². The first-order valence-electron chi connectivity index (χ1n) is 10.1. The van der Waals surface area contributed by atoms with Crippen LogP contribution >= 0.6 is 0 Å². The number of anilines is 1. The minimum atomic E-state index is -0.332. The fourth-order valence-electron chi connectivity index (χ4n) is 2.97. The van der Waals surface area contributed by atoms with Gasteiger partial charge < -0.3 is 30.2 Å². The Morgan fingerprint density at radius 2 is 1.68 bits per heavy atom. The molecule has 31 heavy (non-hydrogen) atoms. The molecule has 0 bridgehead atoms. The maximum absolute atomic E-state index is 12.2. The van der Waals surface area contributed by atoms with Crippen LogP contribution in [0, 0.1) is 5.92 Å². The van der Waals surface area contributed by atoms with E-state index in [1.54, 1.807) is 42.5 Å². The molecule has 2 aliphatic rings. The summed E-state index contributed by atoms with van der Waals surface area (Å²) in [7, 11) is 0. The second-order valence-electron chi connectivity index (χ2n) is 7.25. The molecule has 2 aromatic rings. The van der Waals surface area contributed by atoms with Crippen LogP contribution in [-0.4, -0.2) is 44.2 Å². The van der Waals surface area contributed by atoms with E-state index in [-0.39, 0.29) is 37.0 Å². The van der Waals surface area contributed by atoms with Gasteiger partial charge in [-0.1, -0.05) is 0 Å². The number of ether oxygens (including phenoxy) is 3. The zero-order chi connectivity index (χ0) is 21.6. The highest BCUT2D eigenvalue weighted by Crippen LogP contribution is 2.35. The number of fused-ring (bicyclic) bond motifs is 1. The lowest BCUT2D eigenvalue weighted by Gasteiger charge is -2.09. The first-order valence-corrected chi connectivity index (χ1v) is 10.1. The van der Waals surface area contributed by atoms with E-state index in [4.69, 9.17) is 14.2 Å². The summed E-state index contributed by atoms with van der Waals surface area (Å²) in [6.45, 7) is 0.754. The van der Waals surface area contributed by atoms with Crippen LogP contribution in [0.25, 0.3) is 0 Å². The Balaban J connectivity index is 1.18. The highest BCUT2D eigenvalue weighted by Gasteiger charge is 2.29. The molecule has 2 aromatic carbocycles. The Morgan fingerprint density at radius 1 is 0.935 bits per heavy atom. The lowest BCUT2D eigenvalue weighted by molar-refractivity contribution is -0.122. The molecule has 9 nitrogen and oxygen atoms in total. The van der Waals surface area contributed by atoms with E-state index in [1.807, 2.05) is 0 Å². The van der Waals surface area contributed by atoms with Crippen LogP contribution in [0.1, 0.15) is 23.2 Å². The van der Waals surface area contributed by atoms with E-state index < -0.39 is 0 Å². The highest BCUT2D eigenvalue weighted by atomic mass is 16.7. The van der Waals surface area contributed by atoms with Gasteiger partial charge >= 0.3 is 0 Å². The normalized spacial score (nSPS) is 13.9. The van der Waals surface area contributed by atoms with Crippen molar-refractivity contribution in [2.75, 3.05) is 31.8 Å². The predicted molar refractivity (Wildman–Crippen MR) is 111 cm³/mol. The fraction of sp³-hybridized carbons (Fsp3) is 0.318. The fourth-order valence-corrected chi connectivity index (χ4v) is 2.97. The van der Waals surface area contributed by atoms with E-state index in [0.29, 0.717) is 41.6 Å². The average Bonchev–Trinajstić information content (AvgIpc) is 3.53. The molecule has 0 saturated heterocycles. The maximum Gasteiger partial charge on any atom is 0.262 e. The van der Waals surface area contributed by atoms with Crippen molar-refractivity contribution in [1.29, 1.82) is 0 Å². The summed E-state index contributed by atoms with van der Waals surface area (Å²) in [6, 6.07) is 11.6. The summed E-state index contributed by atoms with van der Waals surface area (Å²) in [5, 5.41) is 8.25. The van der Waals surface area contributed by atoms with Crippen LogP contribution in [0.2, 0.25) is 0 Å². The number of carbonyl (C=O) groups excluding carboxylic acids is 3. The van der Waals surface area contributed by atoms with Gasteiger partial charge in [0.15, 0.2) is 18.1 Å². The van der Waals surface area contributed by atoms with Gasteiger partial charge in [0.2, 0.25) is 12.7 Å². The van der Waals surface area contributed by atoms with Crippen LogP contribution in [-0.2, 0) is 9.59 Å². The molecule has 162 valence electrons. The second-order valence-corrected chi connectivity index (χ2v) is 7.25. The number of rotatable bonds is 9. The van der Waals surface area contributed by atoms with Crippen molar-refractivity contribution < 1.29 is 28.6 Å². The monoisotopic (exact) mass is 425 g/mol. The molecule has 1 heterocycles. The highest BCUT2D eigenvalue weighted by molar-refractivity contribution is 5.96. The van der Waals surface area contributed by atoms with Gasteiger partial charge in [-0.05, 0) is 49.2 Å². The number of benzene rings is 2. The van der Waals surface area contributed by atoms with Gasteiger partial charge in [-0.3, -0.25) is 14.4 Å². The standard InChI is InChI=1S/C22H23N3O6/c26-20(12-29-17-7-8-18-19(11-17)31-13-30-18)25-16-5-3-15(4-6-16)22(28)24-10-9-23-21(27)14-1-2-14/h3-8,11,14H,1-2,9-10,12-13H2,(H,23,27)(H,24,28)(H,25,26). The van der Waals surface area contributed by atoms with Gasteiger partial charge in [0.25, 0.3) is 11.8 Å². The zero-order valence-electron chi connectivity index (χ0n) is 16.8. The van der Waals surface area contributed by atoms with E-state index in [1.165, 1.54) is 0 Å². The Labute approximate surface area is 179 Å². The minimum absolute atomic E-state index is 0.0526. The van der Waals surface area contributed by atoms with Gasteiger partial charge in [-0.25, -0.2) is 0 Å². The first kappa shape index (κ1) is 20.5. The van der Waals surface area contributed by atoms with Crippen LogP contribution in [0.4, 0.5) is 5.69 Å². The van der Waals surface area contributed by atoms with E-state index in [9.17, 15) is 14.4 Å². The van der Waals surface area contributed by atoms with Crippen molar-refractivity contribution in [3.63, 3.8) is 0 Å². The van der Waals surface area contributed by atoms with Crippen molar-refractivity contribution in [2.45, 2.75) is 12.8 Å². The second kappa shape index (κ2) is 9.38. The molecule has 0 aromatic heterocycles. The predicted octanol–water partition coefficient (Wildman–Crippen LogP) is 1.69. The molecule has 1 aliphatic carbocycles. The number of hydrogen-bond donors (Lipinski definition) is 3. The molecule has 1 fully saturated rings. The van der Waals surface area contributed by atoms with Gasteiger partial charge in [-0.15, -0.1) is 0 Å². The molecule has 9 heteroatoms. The van der Waals surface area contributed by atoms with Crippen LogP contribution in [0.15, 0.2) is 42.5 Å². The Kier molecular flexibility index (Phi) is 6.21. The van der Waals surface area contributed by atoms with Gasteiger partial charge in [0.1, 0.15) is 5.75 Å². The van der Waals surface area contributed by atoms with Crippen molar-refractivity contribution in [1.82, 2.24) is 10.6 Å². The van der Waals surface area contributed by atoms with Crippen LogP contribution in [0.5, 0.6) is 17.2 Å². The third-order valence-electron chi connectivity index (χ3n) is 4.80. The van der Waals surface area contributed by atoms with Crippen molar-refractivity contribution in [3.05, 3.63) is 48.0 Å². The smallest absolute Gasteiger partial charge is 0.262 e. The number of hydrogen-bond acceptors (Lipinski definition) is 6. The van der Waals surface area contributed by atoms with Crippen molar-refractivity contribution >= 4 is 23.4 Å². The van der Waals surface area contributed by atoms with Gasteiger partial charge in [-0.2, -0.15) is 0 Å². The lowest BCUT2D eigenvalue weighted by Crippen LogP contribution is -2.35. The van der Waals surface area contributed by atoms with Crippen LogP contribution in [0.3, 0.4) is 0 Å². The third-order valence-corrected chi connectivity index (χ3v) is 4.80. The summed E-state index contributed by atoms with van der Waals surface area (Å²) in [5.41, 5.74) is 1.01. The maximum atomic E-state index is 12.2. The molecular formula is C22H23N3O6.